The lowest BCUT2D eigenvalue weighted by molar-refractivity contribution is 0.0624. The van der Waals surface area contributed by atoms with Gasteiger partial charge in [0, 0.05) is 18.5 Å². The van der Waals surface area contributed by atoms with Crippen LogP contribution in [0.25, 0.3) is 10.9 Å². The molecule has 0 atom stereocenters. The molecule has 3 heterocycles. The zero-order valence-electron chi connectivity index (χ0n) is 16.6. The molecule has 160 valence electrons. The summed E-state index contributed by atoms with van der Waals surface area (Å²) in [7, 11) is -3.77. The van der Waals surface area contributed by atoms with Gasteiger partial charge in [-0.05, 0) is 24.6 Å². The molecule has 2 amide bonds. The number of benzene rings is 1. The van der Waals surface area contributed by atoms with E-state index >= 15 is 0 Å². The van der Waals surface area contributed by atoms with Crippen LogP contribution >= 0.6 is 0 Å². The molecule has 1 aromatic carbocycles. The van der Waals surface area contributed by atoms with Gasteiger partial charge in [0.1, 0.15) is 0 Å². The normalized spacial score (nSPS) is 17.7. The van der Waals surface area contributed by atoms with Crippen molar-refractivity contribution in [1.29, 1.82) is 0 Å². The zero-order chi connectivity index (χ0) is 21.5. The lowest BCUT2D eigenvalue weighted by Gasteiger charge is -2.26. The number of rotatable bonds is 6. The number of ether oxygens (including phenoxy) is 1. The van der Waals surface area contributed by atoms with Crippen LogP contribution in [0.1, 0.15) is 39.8 Å². The van der Waals surface area contributed by atoms with Crippen LogP contribution in [0.5, 0.6) is 0 Å². The fourth-order valence-corrected chi connectivity index (χ4v) is 5.36. The Morgan fingerprint density at radius 2 is 1.83 bits per heavy atom. The SMILES string of the molecule is CCCc1nc2ccc(S(=O)(=O)N3CCOCC3)cc2c2c1C(=O)N(CCO)C2=O. The van der Waals surface area contributed by atoms with Crippen molar-refractivity contribution in [3.05, 3.63) is 35.0 Å². The van der Waals surface area contributed by atoms with E-state index in [4.69, 9.17) is 4.74 Å². The Morgan fingerprint density at radius 1 is 1.13 bits per heavy atom. The molecule has 0 aliphatic carbocycles. The number of morpholine rings is 1. The quantitative estimate of drug-likeness (QED) is 0.670. The van der Waals surface area contributed by atoms with Crippen LogP contribution < -0.4 is 0 Å². The molecule has 2 aliphatic heterocycles. The largest absolute Gasteiger partial charge is 0.395 e. The van der Waals surface area contributed by atoms with Gasteiger partial charge in [-0.15, -0.1) is 0 Å². The summed E-state index contributed by atoms with van der Waals surface area (Å²) in [5.74, 6) is -1.03. The van der Waals surface area contributed by atoms with Crippen molar-refractivity contribution < 1.29 is 27.9 Å². The van der Waals surface area contributed by atoms with E-state index in [1.807, 2.05) is 6.92 Å². The lowest BCUT2D eigenvalue weighted by atomic mass is 10.00. The molecule has 0 radical (unpaired) electrons. The number of fused-ring (bicyclic) bond motifs is 3. The van der Waals surface area contributed by atoms with Gasteiger partial charge in [-0.1, -0.05) is 13.3 Å². The molecular weight excluding hydrogens is 410 g/mol. The van der Waals surface area contributed by atoms with Gasteiger partial charge >= 0.3 is 0 Å². The first kappa shape index (κ1) is 20.9. The molecule has 9 nitrogen and oxygen atoms in total. The number of carbonyl (C=O) groups is 2. The second-order valence-electron chi connectivity index (χ2n) is 7.24. The molecule has 2 aliphatic rings. The number of pyridine rings is 1. The van der Waals surface area contributed by atoms with Gasteiger partial charge in [0.05, 0.1) is 53.6 Å². The summed E-state index contributed by atoms with van der Waals surface area (Å²) in [5.41, 5.74) is 1.36. The van der Waals surface area contributed by atoms with E-state index < -0.39 is 21.8 Å². The predicted molar refractivity (Wildman–Crippen MR) is 108 cm³/mol. The average Bonchev–Trinajstić information content (AvgIpc) is 3.00. The number of sulfonamides is 1. The summed E-state index contributed by atoms with van der Waals surface area (Å²) >= 11 is 0. The Bertz CT molecular complexity index is 1130. The van der Waals surface area contributed by atoms with Crippen molar-refractivity contribution in [1.82, 2.24) is 14.2 Å². The molecule has 1 aromatic heterocycles. The molecular formula is C20H23N3O6S. The van der Waals surface area contributed by atoms with E-state index in [2.05, 4.69) is 4.98 Å². The maximum Gasteiger partial charge on any atom is 0.263 e. The molecule has 2 aromatic rings. The number of aliphatic hydroxyl groups is 1. The first-order valence-electron chi connectivity index (χ1n) is 9.91. The molecule has 4 rings (SSSR count). The third-order valence-corrected chi connectivity index (χ3v) is 7.26. The Balaban J connectivity index is 1.90. The summed E-state index contributed by atoms with van der Waals surface area (Å²) in [5, 5.41) is 9.60. The molecule has 0 spiro atoms. The number of imide groups is 1. The number of hydrogen-bond donors (Lipinski definition) is 1. The number of nitrogens with zero attached hydrogens (tertiary/aromatic N) is 3. The number of aliphatic hydroxyl groups excluding tert-OH is 1. The van der Waals surface area contributed by atoms with Crippen LogP contribution in [0.15, 0.2) is 23.1 Å². The Kier molecular flexibility index (Phi) is 5.58. The van der Waals surface area contributed by atoms with Gasteiger partial charge in [0.2, 0.25) is 10.0 Å². The maximum absolute atomic E-state index is 13.1. The van der Waals surface area contributed by atoms with Gasteiger partial charge in [0.15, 0.2) is 0 Å². The second-order valence-corrected chi connectivity index (χ2v) is 9.18. The summed E-state index contributed by atoms with van der Waals surface area (Å²) < 4.78 is 32.7. The average molecular weight is 433 g/mol. The Hall–Kier alpha value is -2.40. The molecule has 10 heteroatoms. The molecule has 30 heavy (non-hydrogen) atoms. The molecule has 0 unspecified atom stereocenters. The monoisotopic (exact) mass is 433 g/mol. The fourth-order valence-electron chi connectivity index (χ4n) is 3.93. The number of amides is 2. The van der Waals surface area contributed by atoms with E-state index in [-0.39, 0.29) is 42.3 Å². The minimum Gasteiger partial charge on any atom is -0.395 e. The van der Waals surface area contributed by atoms with Crippen molar-refractivity contribution in [3.63, 3.8) is 0 Å². The van der Waals surface area contributed by atoms with E-state index in [1.165, 1.54) is 16.4 Å². The van der Waals surface area contributed by atoms with Gasteiger partial charge in [-0.3, -0.25) is 19.5 Å². The third-order valence-electron chi connectivity index (χ3n) is 5.37. The molecule has 0 bridgehead atoms. The van der Waals surface area contributed by atoms with E-state index in [0.29, 0.717) is 36.2 Å². The highest BCUT2D eigenvalue weighted by Crippen LogP contribution is 2.33. The molecule has 1 N–H and O–H groups in total. The minimum absolute atomic E-state index is 0.0463. The number of β-amino-alcohol motifs (C(OH)–C–C–N with tert-alkyl or cyclic N) is 1. The summed E-state index contributed by atoms with van der Waals surface area (Å²) in [6.07, 6.45) is 1.24. The van der Waals surface area contributed by atoms with Crippen molar-refractivity contribution in [2.45, 2.75) is 24.7 Å². The zero-order valence-corrected chi connectivity index (χ0v) is 17.4. The van der Waals surface area contributed by atoms with Gasteiger partial charge < -0.3 is 9.84 Å². The first-order chi connectivity index (χ1) is 14.4. The van der Waals surface area contributed by atoms with Gasteiger partial charge in [-0.2, -0.15) is 4.31 Å². The highest BCUT2D eigenvalue weighted by Gasteiger charge is 2.39. The Labute approximate surface area is 174 Å². The third kappa shape index (κ3) is 3.29. The van der Waals surface area contributed by atoms with Gasteiger partial charge in [-0.25, -0.2) is 8.42 Å². The van der Waals surface area contributed by atoms with Crippen LogP contribution in [0.3, 0.4) is 0 Å². The van der Waals surface area contributed by atoms with Crippen molar-refractivity contribution in [3.8, 4) is 0 Å². The molecule has 1 saturated heterocycles. The second kappa shape index (κ2) is 8.03. The van der Waals surface area contributed by atoms with Crippen molar-refractivity contribution in [2.75, 3.05) is 39.5 Å². The standard InChI is InChI=1S/C20H23N3O6S/c1-2-3-16-18-17(19(25)23(6-9-24)20(18)26)14-12-13(4-5-15(14)21-16)30(27,28)22-7-10-29-11-8-22/h4-5,12,24H,2-3,6-11H2,1H3. The van der Waals surface area contributed by atoms with Crippen LogP contribution in [0.2, 0.25) is 0 Å². The highest BCUT2D eigenvalue weighted by molar-refractivity contribution is 7.89. The topological polar surface area (TPSA) is 117 Å². The van der Waals surface area contributed by atoms with E-state index in [0.717, 1.165) is 11.3 Å². The number of carbonyl (C=O) groups excluding carboxylic acids is 2. The smallest absolute Gasteiger partial charge is 0.263 e. The van der Waals surface area contributed by atoms with E-state index in [9.17, 15) is 23.1 Å². The highest BCUT2D eigenvalue weighted by atomic mass is 32.2. The van der Waals surface area contributed by atoms with Crippen LogP contribution in [-0.2, 0) is 21.2 Å². The first-order valence-corrected chi connectivity index (χ1v) is 11.4. The van der Waals surface area contributed by atoms with Crippen LogP contribution in [0.4, 0.5) is 0 Å². The summed E-state index contributed by atoms with van der Waals surface area (Å²) in [6, 6.07) is 4.48. The summed E-state index contributed by atoms with van der Waals surface area (Å²) in [4.78, 5) is 31.5. The molecule has 0 saturated carbocycles. The number of aromatic nitrogens is 1. The van der Waals surface area contributed by atoms with Crippen molar-refractivity contribution >= 4 is 32.7 Å². The minimum atomic E-state index is -3.77. The van der Waals surface area contributed by atoms with Crippen LogP contribution in [-0.4, -0.2) is 79.0 Å². The summed E-state index contributed by atoms with van der Waals surface area (Å²) in [6.45, 7) is 2.65. The lowest BCUT2D eigenvalue weighted by Crippen LogP contribution is -2.40. The maximum atomic E-state index is 13.1. The molecule has 1 fully saturated rings. The fraction of sp³-hybridized carbons (Fsp3) is 0.450. The number of hydrogen-bond acceptors (Lipinski definition) is 7. The van der Waals surface area contributed by atoms with Crippen molar-refractivity contribution in [2.24, 2.45) is 0 Å². The van der Waals surface area contributed by atoms with Crippen LogP contribution in [0, 0.1) is 0 Å². The van der Waals surface area contributed by atoms with Gasteiger partial charge in [0.25, 0.3) is 11.8 Å². The number of aryl methyl sites for hydroxylation is 1. The predicted octanol–water partition coefficient (Wildman–Crippen LogP) is 0.796. The van der Waals surface area contributed by atoms with E-state index in [1.54, 1.807) is 6.07 Å². The Morgan fingerprint density at radius 3 is 2.50 bits per heavy atom.